The average molecular weight is 224 g/mol. The van der Waals surface area contributed by atoms with Crippen molar-refractivity contribution in [2.75, 3.05) is 6.26 Å². The lowest BCUT2D eigenvalue weighted by Gasteiger charge is -2.28. The van der Waals surface area contributed by atoms with E-state index in [1.165, 1.54) is 4.90 Å². The molecule has 1 rings (SSSR count). The third-order valence-corrected chi connectivity index (χ3v) is 4.00. The van der Waals surface area contributed by atoms with Crippen molar-refractivity contribution in [3.05, 3.63) is 29.8 Å². The van der Waals surface area contributed by atoms with Gasteiger partial charge in [-0.25, -0.2) is 0 Å². The Balaban J connectivity index is 3.16. The van der Waals surface area contributed by atoms with Crippen LogP contribution < -0.4 is 0 Å². The van der Waals surface area contributed by atoms with Crippen molar-refractivity contribution in [1.29, 1.82) is 0 Å². The Morgan fingerprint density at radius 3 is 2.47 bits per heavy atom. The molecule has 0 fully saturated rings. The minimum atomic E-state index is -0.755. The first kappa shape index (κ1) is 12.5. The van der Waals surface area contributed by atoms with Gasteiger partial charge >= 0.3 is 0 Å². The van der Waals surface area contributed by atoms with Crippen molar-refractivity contribution in [3.8, 4) is 0 Å². The smallest absolute Gasteiger partial charge is 0.0891 e. The van der Waals surface area contributed by atoms with Crippen molar-refractivity contribution in [1.82, 2.24) is 0 Å². The van der Waals surface area contributed by atoms with Crippen LogP contribution in [0.5, 0.6) is 0 Å². The highest BCUT2D eigenvalue weighted by atomic mass is 32.2. The Kier molecular flexibility index (Phi) is 3.74. The average Bonchev–Trinajstić information content (AvgIpc) is 2.17. The molecular weight excluding hydrogens is 204 g/mol. The quantitative estimate of drug-likeness (QED) is 0.781. The van der Waals surface area contributed by atoms with Crippen molar-refractivity contribution >= 4 is 16.4 Å². The number of aliphatic hydroxyl groups is 1. The SMILES string of the molecule is C=S(C)c1cccc(C(C)(O)C(C)C)c1. The van der Waals surface area contributed by atoms with E-state index in [2.05, 4.69) is 24.3 Å². The van der Waals surface area contributed by atoms with E-state index in [1.54, 1.807) is 0 Å². The lowest BCUT2D eigenvalue weighted by molar-refractivity contribution is 0.00886. The zero-order chi connectivity index (χ0) is 11.6. The molecule has 1 aromatic rings. The summed E-state index contributed by atoms with van der Waals surface area (Å²) in [7, 11) is 0.00162. The second-order valence-corrected chi connectivity index (χ2v) is 6.21. The number of hydrogen-bond acceptors (Lipinski definition) is 1. The topological polar surface area (TPSA) is 20.2 Å². The van der Waals surface area contributed by atoms with Crippen LogP contribution in [0.15, 0.2) is 29.2 Å². The summed E-state index contributed by atoms with van der Waals surface area (Å²) in [6, 6.07) is 8.11. The van der Waals surface area contributed by atoms with Crippen LogP contribution in [0.1, 0.15) is 26.3 Å². The zero-order valence-electron chi connectivity index (χ0n) is 9.95. The molecule has 0 aromatic heterocycles. The van der Waals surface area contributed by atoms with Gasteiger partial charge in [0, 0.05) is 4.90 Å². The molecule has 1 aromatic carbocycles. The molecule has 1 nitrogen and oxygen atoms in total. The first-order valence-electron chi connectivity index (χ1n) is 5.14. The molecular formula is C13H20OS. The minimum absolute atomic E-state index is 0.00162. The summed E-state index contributed by atoms with van der Waals surface area (Å²) >= 11 is 0. The molecule has 2 atom stereocenters. The second-order valence-electron chi connectivity index (χ2n) is 4.47. The molecule has 0 saturated heterocycles. The van der Waals surface area contributed by atoms with Crippen LogP contribution in [0.4, 0.5) is 0 Å². The summed E-state index contributed by atoms with van der Waals surface area (Å²) in [4.78, 5) is 1.20. The van der Waals surface area contributed by atoms with Gasteiger partial charge < -0.3 is 5.11 Å². The van der Waals surface area contributed by atoms with Gasteiger partial charge in [0.15, 0.2) is 0 Å². The third-order valence-electron chi connectivity index (χ3n) is 2.95. The number of rotatable bonds is 3. The van der Waals surface area contributed by atoms with E-state index in [9.17, 15) is 5.11 Å². The molecule has 2 unspecified atom stereocenters. The molecule has 1 N–H and O–H groups in total. The van der Waals surface area contributed by atoms with Gasteiger partial charge in [0.2, 0.25) is 0 Å². The van der Waals surface area contributed by atoms with E-state index in [0.29, 0.717) is 0 Å². The lowest BCUT2D eigenvalue weighted by atomic mass is 9.85. The molecule has 0 bridgehead atoms. The number of benzene rings is 1. The summed E-state index contributed by atoms with van der Waals surface area (Å²) < 4.78 is 0. The van der Waals surface area contributed by atoms with Crippen molar-refractivity contribution in [2.45, 2.75) is 31.3 Å². The zero-order valence-corrected chi connectivity index (χ0v) is 10.8. The Hall–Kier alpha value is -0.600. The molecule has 0 aliphatic heterocycles. The Labute approximate surface area is 95.1 Å². The predicted molar refractivity (Wildman–Crippen MR) is 69.8 cm³/mol. The molecule has 0 heterocycles. The van der Waals surface area contributed by atoms with Gasteiger partial charge in [-0.05, 0) is 36.8 Å². The van der Waals surface area contributed by atoms with E-state index >= 15 is 0 Å². The second kappa shape index (κ2) is 4.50. The van der Waals surface area contributed by atoms with Gasteiger partial charge in [-0.2, -0.15) is 10.5 Å². The predicted octanol–water partition coefficient (Wildman–Crippen LogP) is 3.24. The third kappa shape index (κ3) is 2.70. The molecule has 0 radical (unpaired) electrons. The molecule has 0 aliphatic carbocycles. The van der Waals surface area contributed by atoms with Crippen LogP contribution >= 0.6 is 10.5 Å². The molecule has 0 saturated carbocycles. The molecule has 15 heavy (non-hydrogen) atoms. The highest BCUT2D eigenvalue weighted by Gasteiger charge is 2.27. The van der Waals surface area contributed by atoms with E-state index in [4.69, 9.17) is 0 Å². The van der Waals surface area contributed by atoms with E-state index in [1.807, 2.05) is 32.9 Å². The van der Waals surface area contributed by atoms with Crippen molar-refractivity contribution in [3.63, 3.8) is 0 Å². The van der Waals surface area contributed by atoms with Gasteiger partial charge in [-0.1, -0.05) is 31.9 Å². The summed E-state index contributed by atoms with van der Waals surface area (Å²) in [6.45, 7) is 5.93. The van der Waals surface area contributed by atoms with Gasteiger partial charge in [0.05, 0.1) is 5.60 Å². The monoisotopic (exact) mass is 224 g/mol. The molecule has 2 heteroatoms. The van der Waals surface area contributed by atoms with Crippen LogP contribution in [-0.4, -0.2) is 17.2 Å². The van der Waals surface area contributed by atoms with E-state index < -0.39 is 5.60 Å². The van der Waals surface area contributed by atoms with Crippen LogP contribution in [0.3, 0.4) is 0 Å². The van der Waals surface area contributed by atoms with Crippen molar-refractivity contribution < 1.29 is 5.11 Å². The normalized spacial score (nSPS) is 17.5. The maximum Gasteiger partial charge on any atom is 0.0891 e. The molecule has 0 spiro atoms. The van der Waals surface area contributed by atoms with Crippen LogP contribution in [0.25, 0.3) is 0 Å². The largest absolute Gasteiger partial charge is 0.385 e. The summed E-state index contributed by atoms with van der Waals surface area (Å²) in [6.07, 6.45) is 2.09. The van der Waals surface area contributed by atoms with E-state index in [0.717, 1.165) is 5.56 Å². The maximum absolute atomic E-state index is 10.4. The fraction of sp³-hybridized carbons (Fsp3) is 0.462. The fourth-order valence-corrected chi connectivity index (χ4v) is 2.00. The molecule has 84 valence electrons. The first-order valence-corrected chi connectivity index (χ1v) is 6.94. The highest BCUT2D eigenvalue weighted by Crippen LogP contribution is 2.31. The van der Waals surface area contributed by atoms with Gasteiger partial charge in [-0.15, -0.1) is 0 Å². The Morgan fingerprint density at radius 2 is 2.00 bits per heavy atom. The molecule has 0 aliphatic rings. The maximum atomic E-state index is 10.4. The van der Waals surface area contributed by atoms with Crippen molar-refractivity contribution in [2.24, 2.45) is 5.92 Å². The van der Waals surface area contributed by atoms with E-state index in [-0.39, 0.29) is 16.4 Å². The van der Waals surface area contributed by atoms with Crippen LogP contribution in [-0.2, 0) is 5.60 Å². The first-order chi connectivity index (χ1) is 6.85. The fourth-order valence-electron chi connectivity index (χ4n) is 1.36. The van der Waals surface area contributed by atoms with Crippen LogP contribution in [0.2, 0.25) is 0 Å². The number of hydrogen-bond donors (Lipinski definition) is 1. The highest BCUT2D eigenvalue weighted by molar-refractivity contribution is 8.13. The standard InChI is InChI=1S/C13H20OS/c1-10(2)13(3,14)11-7-6-8-12(9-11)15(4)5/h6-10,14H,4H2,1-3,5H3. The summed E-state index contributed by atoms with van der Waals surface area (Å²) in [5.41, 5.74) is 0.230. The Bertz CT molecular complexity index is 367. The van der Waals surface area contributed by atoms with Crippen LogP contribution in [0, 0.1) is 5.92 Å². The molecule has 0 amide bonds. The van der Waals surface area contributed by atoms with Gasteiger partial charge in [0.25, 0.3) is 0 Å². The Morgan fingerprint density at radius 1 is 1.40 bits per heavy atom. The lowest BCUT2D eigenvalue weighted by Crippen LogP contribution is -2.27. The van der Waals surface area contributed by atoms with Gasteiger partial charge in [0.1, 0.15) is 0 Å². The summed E-state index contributed by atoms with van der Waals surface area (Å²) in [5, 5.41) is 10.4. The minimum Gasteiger partial charge on any atom is -0.385 e. The van der Waals surface area contributed by atoms with Gasteiger partial charge in [-0.3, -0.25) is 0 Å². The summed E-state index contributed by atoms with van der Waals surface area (Å²) in [5.74, 6) is 4.23.